The van der Waals surface area contributed by atoms with Gasteiger partial charge in [0.15, 0.2) is 9.90 Å². The minimum Gasteiger partial charge on any atom is -0.464 e. The summed E-state index contributed by atoms with van der Waals surface area (Å²) in [5.41, 5.74) is 1.04. The van der Waals surface area contributed by atoms with E-state index in [4.69, 9.17) is 6.42 Å². The number of nitrogens with zero attached hydrogens (tertiary/aromatic N) is 1. The molecule has 1 unspecified atom stereocenters. The number of nitrogens with one attached hydrogen (secondary N) is 1. The standard InChI is InChI=1S/C11H14N2O4S2/c1-4-6-8(5-2)13-19(15,16)11-9(10(14)17-3)12-7-18-11/h2,7-8,13H,4,6H2,1,3H3. The number of methoxy groups -OCH3 is 1. The number of esters is 1. The summed E-state index contributed by atoms with van der Waals surface area (Å²) in [5.74, 6) is 1.56. The second kappa shape index (κ2) is 6.65. The lowest BCUT2D eigenvalue weighted by Crippen LogP contribution is -2.34. The number of ether oxygens (including phenoxy) is 1. The first-order valence-corrected chi connectivity index (χ1v) is 7.82. The molecule has 0 spiro atoms. The third-order valence-corrected chi connectivity index (χ3v) is 5.08. The molecule has 0 bridgehead atoms. The van der Waals surface area contributed by atoms with Crippen LogP contribution in [0.2, 0.25) is 0 Å². The number of thiazole rings is 1. The topological polar surface area (TPSA) is 85.4 Å². The number of hydrogen-bond donors (Lipinski definition) is 1. The van der Waals surface area contributed by atoms with Crippen LogP contribution in [0.1, 0.15) is 30.3 Å². The summed E-state index contributed by atoms with van der Waals surface area (Å²) in [6.45, 7) is 1.89. The Labute approximate surface area is 116 Å². The largest absolute Gasteiger partial charge is 0.464 e. The number of carbonyl (C=O) groups is 1. The first kappa shape index (κ1) is 15.6. The smallest absolute Gasteiger partial charge is 0.358 e. The predicted molar refractivity (Wildman–Crippen MR) is 71.3 cm³/mol. The summed E-state index contributed by atoms with van der Waals surface area (Å²) in [6.07, 6.45) is 6.52. The van der Waals surface area contributed by atoms with Crippen LogP contribution in [-0.2, 0) is 14.8 Å². The molecule has 0 aliphatic carbocycles. The molecule has 104 valence electrons. The molecule has 1 rings (SSSR count). The molecule has 0 saturated carbocycles. The van der Waals surface area contributed by atoms with Crippen molar-refractivity contribution < 1.29 is 17.9 Å². The van der Waals surface area contributed by atoms with Crippen LogP contribution in [0.25, 0.3) is 0 Å². The van der Waals surface area contributed by atoms with Crippen molar-refractivity contribution >= 4 is 27.3 Å². The molecule has 1 atom stereocenters. The maximum absolute atomic E-state index is 12.1. The lowest BCUT2D eigenvalue weighted by molar-refractivity contribution is 0.0590. The van der Waals surface area contributed by atoms with E-state index in [2.05, 4.69) is 20.4 Å². The third kappa shape index (κ3) is 3.76. The molecular formula is C11H14N2O4S2. The average Bonchev–Trinajstić information content (AvgIpc) is 2.87. The van der Waals surface area contributed by atoms with Crippen molar-refractivity contribution in [1.82, 2.24) is 9.71 Å². The van der Waals surface area contributed by atoms with Crippen LogP contribution >= 0.6 is 11.3 Å². The third-order valence-electron chi connectivity index (χ3n) is 2.23. The Hall–Kier alpha value is -1.43. The first-order valence-electron chi connectivity index (χ1n) is 5.46. The van der Waals surface area contributed by atoms with Crippen LogP contribution in [0.15, 0.2) is 9.72 Å². The van der Waals surface area contributed by atoms with Crippen LogP contribution in [0.4, 0.5) is 0 Å². The van der Waals surface area contributed by atoms with Gasteiger partial charge >= 0.3 is 5.97 Å². The van der Waals surface area contributed by atoms with E-state index >= 15 is 0 Å². The normalized spacial score (nSPS) is 12.7. The van der Waals surface area contributed by atoms with E-state index in [0.717, 1.165) is 24.9 Å². The van der Waals surface area contributed by atoms with E-state index in [1.165, 1.54) is 5.51 Å². The maximum Gasteiger partial charge on any atom is 0.358 e. The van der Waals surface area contributed by atoms with Crippen molar-refractivity contribution in [2.45, 2.75) is 30.0 Å². The SMILES string of the molecule is C#CC(CCC)NS(=O)(=O)c1scnc1C(=O)OC. The van der Waals surface area contributed by atoms with Crippen molar-refractivity contribution in [3.63, 3.8) is 0 Å². The summed E-state index contributed by atoms with van der Waals surface area (Å²) >= 11 is 0.840. The zero-order chi connectivity index (χ0) is 14.5. The second-order valence-electron chi connectivity index (χ2n) is 3.61. The fourth-order valence-corrected chi connectivity index (χ4v) is 3.70. The molecule has 0 fully saturated rings. The number of hydrogen-bond acceptors (Lipinski definition) is 6. The molecule has 6 nitrogen and oxygen atoms in total. The molecule has 0 aliphatic rings. The molecule has 0 aromatic carbocycles. The molecule has 0 saturated heterocycles. The first-order chi connectivity index (χ1) is 8.96. The van der Waals surface area contributed by atoms with E-state index in [9.17, 15) is 13.2 Å². The Kier molecular flexibility index (Phi) is 5.47. The van der Waals surface area contributed by atoms with Crippen LogP contribution < -0.4 is 4.72 Å². The molecule has 1 heterocycles. The van der Waals surface area contributed by atoms with Crippen molar-refractivity contribution in [3.05, 3.63) is 11.2 Å². The fourth-order valence-electron chi connectivity index (χ4n) is 1.36. The van der Waals surface area contributed by atoms with E-state index in [1.54, 1.807) is 0 Å². The maximum atomic E-state index is 12.1. The van der Waals surface area contributed by atoms with E-state index < -0.39 is 22.0 Å². The predicted octanol–water partition coefficient (Wildman–Crippen LogP) is 1.01. The van der Waals surface area contributed by atoms with Gasteiger partial charge in [-0.25, -0.2) is 18.2 Å². The van der Waals surface area contributed by atoms with Gasteiger partial charge in [-0.2, -0.15) is 4.72 Å². The van der Waals surface area contributed by atoms with Gasteiger partial charge in [0.25, 0.3) is 10.0 Å². The van der Waals surface area contributed by atoms with E-state index in [1.807, 2.05) is 6.92 Å². The van der Waals surface area contributed by atoms with Crippen LogP contribution in [0, 0.1) is 12.3 Å². The van der Waals surface area contributed by atoms with Crippen molar-refractivity contribution in [2.75, 3.05) is 7.11 Å². The average molecular weight is 302 g/mol. The van der Waals surface area contributed by atoms with E-state index in [0.29, 0.717) is 6.42 Å². The van der Waals surface area contributed by atoms with Gasteiger partial charge in [-0.3, -0.25) is 0 Å². The zero-order valence-electron chi connectivity index (χ0n) is 10.5. The highest BCUT2D eigenvalue weighted by Gasteiger charge is 2.28. The molecular weight excluding hydrogens is 288 g/mol. The molecule has 1 aromatic rings. The molecule has 1 N–H and O–H groups in total. The van der Waals surface area contributed by atoms with Crippen LogP contribution in [-0.4, -0.2) is 32.5 Å². The van der Waals surface area contributed by atoms with Crippen LogP contribution in [0.3, 0.4) is 0 Å². The monoisotopic (exact) mass is 302 g/mol. The molecule has 19 heavy (non-hydrogen) atoms. The lowest BCUT2D eigenvalue weighted by atomic mass is 10.2. The molecule has 0 radical (unpaired) electrons. The Morgan fingerprint density at radius 2 is 2.37 bits per heavy atom. The lowest BCUT2D eigenvalue weighted by Gasteiger charge is -2.11. The zero-order valence-corrected chi connectivity index (χ0v) is 12.2. The highest BCUT2D eigenvalue weighted by molar-refractivity contribution is 7.91. The van der Waals surface area contributed by atoms with Crippen molar-refractivity contribution in [1.29, 1.82) is 0 Å². The Morgan fingerprint density at radius 3 is 2.89 bits per heavy atom. The minimum absolute atomic E-state index is 0.185. The van der Waals surface area contributed by atoms with Crippen LogP contribution in [0.5, 0.6) is 0 Å². The summed E-state index contributed by atoms with van der Waals surface area (Å²) in [4.78, 5) is 15.1. The quantitative estimate of drug-likeness (QED) is 0.626. The Morgan fingerprint density at radius 1 is 1.68 bits per heavy atom. The molecule has 0 aliphatic heterocycles. The van der Waals surface area contributed by atoms with Gasteiger partial charge in [0.2, 0.25) is 0 Å². The summed E-state index contributed by atoms with van der Waals surface area (Å²) in [6, 6.07) is -0.609. The number of carbonyl (C=O) groups excluding carboxylic acids is 1. The second-order valence-corrected chi connectivity index (χ2v) is 6.37. The van der Waals surface area contributed by atoms with Gasteiger partial charge < -0.3 is 4.74 Å². The van der Waals surface area contributed by atoms with Crippen molar-refractivity contribution in [2.24, 2.45) is 0 Å². The van der Waals surface area contributed by atoms with Crippen molar-refractivity contribution in [3.8, 4) is 12.3 Å². The summed E-state index contributed by atoms with van der Waals surface area (Å²) in [7, 11) is -2.71. The molecule has 1 aromatic heterocycles. The van der Waals surface area contributed by atoms with E-state index in [-0.39, 0.29) is 9.90 Å². The van der Waals surface area contributed by atoms with Gasteiger partial charge in [-0.15, -0.1) is 17.8 Å². The number of terminal acetylenes is 1. The number of sulfonamides is 1. The number of aromatic nitrogens is 1. The van der Waals surface area contributed by atoms with Gasteiger partial charge in [-0.1, -0.05) is 19.3 Å². The van der Waals surface area contributed by atoms with Gasteiger partial charge in [0.1, 0.15) is 0 Å². The molecule has 0 amide bonds. The van der Waals surface area contributed by atoms with Gasteiger partial charge in [-0.05, 0) is 6.42 Å². The highest BCUT2D eigenvalue weighted by Crippen LogP contribution is 2.21. The van der Waals surface area contributed by atoms with Gasteiger partial charge in [0, 0.05) is 0 Å². The molecule has 8 heteroatoms. The highest BCUT2D eigenvalue weighted by atomic mass is 32.2. The Bertz CT molecular complexity index is 586. The minimum atomic E-state index is -3.87. The summed E-state index contributed by atoms with van der Waals surface area (Å²) in [5, 5.41) is 0. The fraction of sp³-hybridized carbons (Fsp3) is 0.455. The Balaban J connectivity index is 3.05. The van der Waals surface area contributed by atoms with Gasteiger partial charge in [0.05, 0.1) is 18.7 Å². The number of rotatable bonds is 6. The summed E-state index contributed by atoms with van der Waals surface area (Å²) < 4.78 is 30.9.